The van der Waals surface area contributed by atoms with E-state index in [1.54, 1.807) is 0 Å². The summed E-state index contributed by atoms with van der Waals surface area (Å²) >= 11 is 0. The molecule has 53 heavy (non-hydrogen) atoms. The lowest BCUT2D eigenvalue weighted by atomic mass is 9.88. The Morgan fingerprint density at radius 1 is 0.774 bits per heavy atom. The zero-order valence-electron chi connectivity index (χ0n) is 28.3. The number of hydrogen-bond donors (Lipinski definition) is 15. The number of carboxylic acids is 1. The number of carbonyl (C=O) groups is 2. The molecule has 4 aliphatic heterocycles. The first-order valence-corrected chi connectivity index (χ1v) is 16.6. The standard InChI is InChI=1S/C29H49NO23/c1-7-14(37)17(40)18(41)26(47-7)51-24-19(42)25(44)48-12(6-33)21(24)50-27-20(43)23(16(39)11(5-32)49-27)53-29(28(45)46)3-9(35)13(30-8(2)34)22(52-29)15(38)10(36)4-31/h7,9-27,31-33,35-44H,3-6H2,1-2H3,(H,30,34)(H,45,46)/t7-,9-,10+,11+,12+,13+,14+,15+,16-,17+,18-,19+,20+,21+,22+,23-,24+,25?,26-,27-,29-/m0/s1. The number of carbonyl (C=O) groups excluding carboxylic acids is 1. The van der Waals surface area contributed by atoms with Crippen molar-refractivity contribution in [3.8, 4) is 0 Å². The van der Waals surface area contributed by atoms with E-state index in [9.17, 15) is 81.1 Å². The Bertz CT molecular complexity index is 1220. The van der Waals surface area contributed by atoms with Gasteiger partial charge in [-0.25, -0.2) is 4.79 Å². The molecule has 0 spiro atoms. The van der Waals surface area contributed by atoms with Crippen molar-refractivity contribution in [1.29, 1.82) is 0 Å². The fourth-order valence-corrected chi connectivity index (χ4v) is 6.58. The molecular weight excluding hydrogens is 730 g/mol. The Kier molecular flexibility index (Phi) is 14.9. The molecule has 24 heteroatoms. The number of rotatable bonds is 13. The van der Waals surface area contributed by atoms with Gasteiger partial charge in [0.1, 0.15) is 85.5 Å². The summed E-state index contributed by atoms with van der Waals surface area (Å²) in [5, 5.41) is 148. The van der Waals surface area contributed by atoms with Crippen LogP contribution in [0.1, 0.15) is 20.3 Å². The molecule has 4 heterocycles. The van der Waals surface area contributed by atoms with Crippen LogP contribution < -0.4 is 5.32 Å². The lowest BCUT2D eigenvalue weighted by molar-refractivity contribution is -0.396. The van der Waals surface area contributed by atoms with Crippen LogP contribution in [0.2, 0.25) is 0 Å². The summed E-state index contributed by atoms with van der Waals surface area (Å²) in [6.07, 6.45) is -37.3. The predicted octanol–water partition coefficient (Wildman–Crippen LogP) is -9.37. The van der Waals surface area contributed by atoms with Crippen LogP contribution in [0.5, 0.6) is 0 Å². The summed E-state index contributed by atoms with van der Waals surface area (Å²) in [5.74, 6) is -5.90. The topological polar surface area (TPSA) is 394 Å². The number of aliphatic carboxylic acids is 1. The van der Waals surface area contributed by atoms with E-state index in [2.05, 4.69) is 5.32 Å². The second-order valence-corrected chi connectivity index (χ2v) is 13.3. The number of aliphatic hydroxyl groups excluding tert-OH is 13. The van der Waals surface area contributed by atoms with Gasteiger partial charge >= 0.3 is 5.97 Å². The lowest BCUT2D eigenvalue weighted by Gasteiger charge is -2.51. The molecule has 4 aliphatic rings. The zero-order chi connectivity index (χ0) is 39.7. The molecule has 4 saturated heterocycles. The highest BCUT2D eigenvalue weighted by atomic mass is 16.8. The second-order valence-electron chi connectivity index (χ2n) is 13.3. The number of ether oxygens (including phenoxy) is 7. The van der Waals surface area contributed by atoms with E-state index in [4.69, 9.17) is 33.2 Å². The highest BCUT2D eigenvalue weighted by Crippen LogP contribution is 2.39. The minimum absolute atomic E-state index is 0.779. The quantitative estimate of drug-likeness (QED) is 0.0825. The van der Waals surface area contributed by atoms with Crippen LogP contribution in [0.3, 0.4) is 0 Å². The van der Waals surface area contributed by atoms with E-state index >= 15 is 0 Å². The Morgan fingerprint density at radius 3 is 1.94 bits per heavy atom. The first kappa shape index (κ1) is 43.9. The summed E-state index contributed by atoms with van der Waals surface area (Å²) in [4.78, 5) is 24.6. The van der Waals surface area contributed by atoms with Gasteiger partial charge in [-0.1, -0.05) is 0 Å². The number of aliphatic hydroxyl groups is 13. The maximum atomic E-state index is 12.8. The molecule has 0 aromatic heterocycles. The molecule has 308 valence electrons. The summed E-state index contributed by atoms with van der Waals surface area (Å²) in [6.45, 7) is -0.758. The van der Waals surface area contributed by atoms with Crippen molar-refractivity contribution in [2.24, 2.45) is 0 Å². The highest BCUT2D eigenvalue weighted by Gasteiger charge is 2.60. The van der Waals surface area contributed by atoms with Gasteiger partial charge in [0.15, 0.2) is 18.9 Å². The minimum Gasteiger partial charge on any atom is -0.477 e. The van der Waals surface area contributed by atoms with E-state index in [0.29, 0.717) is 0 Å². The van der Waals surface area contributed by atoms with Gasteiger partial charge in [0.05, 0.1) is 38.1 Å². The fourth-order valence-electron chi connectivity index (χ4n) is 6.58. The molecule has 0 aromatic rings. The van der Waals surface area contributed by atoms with Crippen LogP contribution in [0, 0.1) is 0 Å². The van der Waals surface area contributed by atoms with Gasteiger partial charge in [0.25, 0.3) is 5.79 Å². The Hall–Kier alpha value is -1.86. The number of nitrogens with one attached hydrogen (secondary N) is 1. The lowest BCUT2D eigenvalue weighted by Crippen LogP contribution is -2.71. The first-order valence-electron chi connectivity index (χ1n) is 16.6. The highest BCUT2D eigenvalue weighted by molar-refractivity contribution is 5.76. The maximum absolute atomic E-state index is 12.8. The van der Waals surface area contributed by atoms with Crippen molar-refractivity contribution in [2.45, 2.75) is 149 Å². The first-order chi connectivity index (χ1) is 24.8. The van der Waals surface area contributed by atoms with Gasteiger partial charge in [-0.3, -0.25) is 4.79 Å². The van der Waals surface area contributed by atoms with Gasteiger partial charge in [0.2, 0.25) is 5.91 Å². The van der Waals surface area contributed by atoms with Crippen molar-refractivity contribution < 1.29 is 114 Å². The molecule has 0 aromatic carbocycles. The van der Waals surface area contributed by atoms with Crippen LogP contribution in [-0.4, -0.2) is 232 Å². The molecule has 0 radical (unpaired) electrons. The van der Waals surface area contributed by atoms with E-state index in [1.807, 2.05) is 0 Å². The number of amides is 1. The third kappa shape index (κ3) is 9.08. The van der Waals surface area contributed by atoms with Crippen LogP contribution in [0.4, 0.5) is 0 Å². The third-order valence-corrected chi connectivity index (χ3v) is 9.54. The summed E-state index contributed by atoms with van der Waals surface area (Å²) in [7, 11) is 0. The Balaban J connectivity index is 1.66. The molecule has 1 amide bonds. The smallest absolute Gasteiger partial charge is 0.364 e. The molecule has 0 aliphatic carbocycles. The van der Waals surface area contributed by atoms with E-state index < -0.39 is 166 Å². The third-order valence-electron chi connectivity index (χ3n) is 9.54. The van der Waals surface area contributed by atoms with Crippen LogP contribution >= 0.6 is 0 Å². The molecule has 1 unspecified atom stereocenters. The fraction of sp³-hybridized carbons (Fsp3) is 0.931. The molecule has 4 fully saturated rings. The molecule has 0 bridgehead atoms. The van der Waals surface area contributed by atoms with Gasteiger partial charge in [-0.2, -0.15) is 0 Å². The van der Waals surface area contributed by atoms with E-state index in [0.717, 1.165) is 6.92 Å². The number of hydrogen-bond acceptors (Lipinski definition) is 22. The molecule has 24 nitrogen and oxygen atoms in total. The predicted molar refractivity (Wildman–Crippen MR) is 161 cm³/mol. The SMILES string of the molecule is CC(=O)N[C@H]1[C@H]([C@H](O)[C@H](O)CO)O[C@@](O[C@H]2[C@@H](O)[C@@H](CO)O[C@@H](O[C@H]3[C@H](O[C@@H]4O[C@@H](C)[C@@H](O)[C@@H](O)[C@@H]4O)[C@@H](O)C(O)O[C@@H]3CO)[C@@H]2O)(C(=O)O)C[C@@H]1O. The van der Waals surface area contributed by atoms with Crippen molar-refractivity contribution in [3.05, 3.63) is 0 Å². The van der Waals surface area contributed by atoms with Crippen LogP contribution in [0.25, 0.3) is 0 Å². The molecule has 15 N–H and O–H groups in total. The monoisotopic (exact) mass is 779 g/mol. The van der Waals surface area contributed by atoms with Gasteiger partial charge < -0.3 is 110 Å². The van der Waals surface area contributed by atoms with Gasteiger partial charge in [-0.15, -0.1) is 0 Å². The zero-order valence-corrected chi connectivity index (χ0v) is 28.3. The van der Waals surface area contributed by atoms with Crippen molar-refractivity contribution in [3.63, 3.8) is 0 Å². The van der Waals surface area contributed by atoms with Crippen LogP contribution in [0.15, 0.2) is 0 Å². The average molecular weight is 780 g/mol. The molecular formula is C29H49NO23. The van der Waals surface area contributed by atoms with Crippen LogP contribution in [-0.2, 0) is 42.7 Å². The van der Waals surface area contributed by atoms with Gasteiger partial charge in [0, 0.05) is 13.3 Å². The summed E-state index contributed by atoms with van der Waals surface area (Å²) in [6, 6.07) is -1.59. The number of carboxylic acid groups (broad SMARTS) is 1. The summed E-state index contributed by atoms with van der Waals surface area (Å²) in [5.41, 5.74) is 0. The second kappa shape index (κ2) is 17.9. The molecule has 21 atom stereocenters. The average Bonchev–Trinajstić information content (AvgIpc) is 3.11. The summed E-state index contributed by atoms with van der Waals surface area (Å²) < 4.78 is 38.8. The van der Waals surface area contributed by atoms with E-state index in [1.165, 1.54) is 6.92 Å². The van der Waals surface area contributed by atoms with Gasteiger partial charge in [-0.05, 0) is 6.92 Å². The minimum atomic E-state index is -3.10. The van der Waals surface area contributed by atoms with E-state index in [-0.39, 0.29) is 0 Å². The van der Waals surface area contributed by atoms with Crippen molar-refractivity contribution in [1.82, 2.24) is 5.32 Å². The maximum Gasteiger partial charge on any atom is 0.364 e. The normalized spacial score (nSPS) is 47.8. The Morgan fingerprint density at radius 2 is 1.38 bits per heavy atom. The Labute approximate surface area is 300 Å². The molecule has 4 rings (SSSR count). The van der Waals surface area contributed by atoms with Crippen molar-refractivity contribution in [2.75, 3.05) is 19.8 Å². The largest absolute Gasteiger partial charge is 0.477 e. The molecule has 0 saturated carbocycles. The van der Waals surface area contributed by atoms with Crippen molar-refractivity contribution >= 4 is 11.9 Å².